The highest BCUT2D eigenvalue weighted by Crippen LogP contribution is 1.89. The molecule has 1 radical (unpaired) electrons. The number of hydrogen-bond acceptors (Lipinski definition) is 1. The molecule has 0 unspecified atom stereocenters. The lowest BCUT2D eigenvalue weighted by Crippen LogP contribution is -1.88. The fraction of sp³-hybridized carbons (Fsp3) is 0.833. The van der Waals surface area contributed by atoms with E-state index < -0.39 is 0 Å². The van der Waals surface area contributed by atoms with Gasteiger partial charge in [-0.2, -0.15) is 0 Å². The van der Waals surface area contributed by atoms with Gasteiger partial charge in [-0.3, -0.25) is 0 Å². The minimum absolute atomic E-state index is 0.938. The molecule has 0 aromatic heterocycles. The molecule has 0 aromatic carbocycles. The average Bonchev–Trinajstić information content (AvgIpc) is 1.69. The first-order valence-electron chi connectivity index (χ1n) is 2.84. The molecule has 0 aliphatic rings. The molecule has 41 valence electrons. The summed E-state index contributed by atoms with van der Waals surface area (Å²) in [6.07, 6.45) is 3.77. The number of aliphatic imine (C=N–C) groups is 1. The second-order valence-corrected chi connectivity index (χ2v) is 1.65. The van der Waals surface area contributed by atoms with Crippen molar-refractivity contribution in [3.05, 3.63) is 0 Å². The van der Waals surface area contributed by atoms with Crippen LogP contribution in [0.1, 0.15) is 26.2 Å². The van der Waals surface area contributed by atoms with Gasteiger partial charge in [0, 0.05) is 11.4 Å². The summed E-state index contributed by atoms with van der Waals surface area (Å²) < 4.78 is 0. The Balaban J connectivity index is 2.56. The summed E-state index contributed by atoms with van der Waals surface area (Å²) in [5, 5.41) is 0. The minimum atomic E-state index is 0.938. The van der Waals surface area contributed by atoms with E-state index in [1.165, 1.54) is 19.3 Å². The molecule has 1 heteroatoms. The molecule has 0 heterocycles. The van der Waals surface area contributed by atoms with E-state index in [1.807, 2.05) is 0 Å². The van der Waals surface area contributed by atoms with E-state index >= 15 is 0 Å². The van der Waals surface area contributed by atoms with Crippen molar-refractivity contribution in [3.8, 4) is 0 Å². The van der Waals surface area contributed by atoms with Crippen LogP contribution in [0.4, 0.5) is 0 Å². The van der Waals surface area contributed by atoms with Crippen LogP contribution in [0.25, 0.3) is 0 Å². The van der Waals surface area contributed by atoms with E-state index in [2.05, 4.69) is 18.6 Å². The third-order valence-electron chi connectivity index (χ3n) is 0.920. The summed E-state index contributed by atoms with van der Waals surface area (Å²) in [7, 11) is 0. The maximum absolute atomic E-state index is 3.72. The van der Waals surface area contributed by atoms with Gasteiger partial charge in [0.15, 0.2) is 6.72 Å². The van der Waals surface area contributed by atoms with Crippen molar-refractivity contribution in [2.45, 2.75) is 26.2 Å². The molecule has 1 nitrogen and oxygen atoms in total. The van der Waals surface area contributed by atoms with Crippen LogP contribution in [0.2, 0.25) is 0 Å². The highest BCUT2D eigenvalue weighted by Gasteiger charge is 1.86. The molecule has 0 aromatic rings. The first-order chi connectivity index (χ1) is 3.41. The van der Waals surface area contributed by atoms with Crippen molar-refractivity contribution < 1.29 is 0 Å². The molecule has 0 rings (SSSR count). The van der Waals surface area contributed by atoms with Gasteiger partial charge in [0.25, 0.3) is 0 Å². The molecule has 7 heavy (non-hydrogen) atoms. The summed E-state index contributed by atoms with van der Waals surface area (Å²) in [4.78, 5) is 3.72. The van der Waals surface area contributed by atoms with Gasteiger partial charge in [-0.05, 0) is 6.42 Å². The van der Waals surface area contributed by atoms with Gasteiger partial charge in [0.2, 0.25) is 6.54 Å². The van der Waals surface area contributed by atoms with Gasteiger partial charge in [-0.15, -0.1) is 0 Å². The van der Waals surface area contributed by atoms with Gasteiger partial charge in [0.1, 0.15) is 0 Å². The molecule has 0 amide bonds. The standard InChI is InChI=1S/C6H13N/c1-3-4-5-6-7-2/h2-6H2,1H3/q+1. The lowest BCUT2D eigenvalue weighted by molar-refractivity contribution is 0.709. The molecule has 0 aliphatic carbocycles. The summed E-state index contributed by atoms with van der Waals surface area (Å²) in [6.45, 7) is 6.50. The van der Waals surface area contributed by atoms with Crippen LogP contribution >= 0.6 is 0 Å². The van der Waals surface area contributed by atoms with Gasteiger partial charge in [-0.1, -0.05) is 13.3 Å². The van der Waals surface area contributed by atoms with Crippen LogP contribution in [0.5, 0.6) is 0 Å². The van der Waals surface area contributed by atoms with Crippen molar-refractivity contribution >= 4 is 6.72 Å². The van der Waals surface area contributed by atoms with Gasteiger partial charge < -0.3 is 0 Å². The van der Waals surface area contributed by atoms with E-state index in [0.717, 1.165) is 6.54 Å². The predicted octanol–water partition coefficient (Wildman–Crippen LogP) is 1.21. The summed E-state index contributed by atoms with van der Waals surface area (Å²) >= 11 is 0. The Morgan fingerprint density at radius 1 is 1.43 bits per heavy atom. The van der Waals surface area contributed by atoms with Crippen molar-refractivity contribution in [2.24, 2.45) is 0 Å². The largest absolute Gasteiger partial charge is 0.209 e. The first kappa shape index (κ1) is 6.67. The van der Waals surface area contributed by atoms with Gasteiger partial charge >= 0.3 is 0 Å². The van der Waals surface area contributed by atoms with Crippen LogP contribution < -0.4 is 4.99 Å². The maximum atomic E-state index is 3.72. The van der Waals surface area contributed by atoms with E-state index in [-0.39, 0.29) is 0 Å². The molecule has 0 fully saturated rings. The highest BCUT2D eigenvalue weighted by molar-refractivity contribution is 5.20. The monoisotopic (exact) mass is 99.1 g/mol. The Labute approximate surface area is 45.5 Å². The van der Waals surface area contributed by atoms with Crippen molar-refractivity contribution in [1.29, 1.82) is 0 Å². The molecule has 0 atom stereocenters. The van der Waals surface area contributed by atoms with E-state index in [4.69, 9.17) is 0 Å². The Morgan fingerprint density at radius 3 is 2.57 bits per heavy atom. The maximum Gasteiger partial charge on any atom is 0.209 e. The first-order valence-corrected chi connectivity index (χ1v) is 2.84. The fourth-order valence-corrected chi connectivity index (χ4v) is 0.474. The molecular weight excluding hydrogens is 86.1 g/mol. The molecule has 0 spiro atoms. The van der Waals surface area contributed by atoms with E-state index in [0.29, 0.717) is 0 Å². The van der Waals surface area contributed by atoms with Crippen molar-refractivity contribution in [1.82, 2.24) is 4.99 Å². The molecule has 0 N–H and O–H groups in total. The molecule has 0 aliphatic heterocycles. The van der Waals surface area contributed by atoms with E-state index in [9.17, 15) is 0 Å². The number of unbranched alkanes of at least 4 members (excludes halogenated alkanes) is 2. The number of rotatable bonds is 4. The summed E-state index contributed by atoms with van der Waals surface area (Å²) in [6, 6.07) is 0. The third kappa shape index (κ3) is 5.67. The van der Waals surface area contributed by atoms with Gasteiger partial charge in [0.05, 0.1) is 0 Å². The molecular formula is C6H13N+. The van der Waals surface area contributed by atoms with Crippen LogP contribution in [0.3, 0.4) is 0 Å². The second kappa shape index (κ2) is 5.67. The minimum Gasteiger partial charge on any atom is -0.0654 e. The average molecular weight is 99.2 g/mol. The topological polar surface area (TPSA) is 14.1 Å². The zero-order valence-corrected chi connectivity index (χ0v) is 4.98. The van der Waals surface area contributed by atoms with Crippen molar-refractivity contribution in [3.63, 3.8) is 0 Å². The molecule has 0 bridgehead atoms. The van der Waals surface area contributed by atoms with Crippen molar-refractivity contribution in [2.75, 3.05) is 6.54 Å². The fourth-order valence-electron chi connectivity index (χ4n) is 0.474. The highest BCUT2D eigenvalue weighted by atomic mass is 14.7. The SMILES string of the molecule is C=[N+]CCCCC. The lowest BCUT2D eigenvalue weighted by Gasteiger charge is -1.81. The molecule has 0 saturated carbocycles. The second-order valence-electron chi connectivity index (χ2n) is 1.65. The van der Waals surface area contributed by atoms with Gasteiger partial charge in [-0.25, -0.2) is 0 Å². The normalized spacial score (nSPS) is 8.71. The third-order valence-corrected chi connectivity index (χ3v) is 0.920. The number of nitrogens with zero attached hydrogens (tertiary/aromatic N) is 1. The quantitative estimate of drug-likeness (QED) is 0.371. The van der Waals surface area contributed by atoms with Crippen LogP contribution in [-0.2, 0) is 0 Å². The summed E-state index contributed by atoms with van der Waals surface area (Å²) in [5.74, 6) is 0. The Bertz CT molecular complexity index is 41.4. The lowest BCUT2D eigenvalue weighted by atomic mass is 10.3. The zero-order chi connectivity index (χ0) is 5.54. The number of hydrogen-bond donors (Lipinski definition) is 0. The Hall–Kier alpha value is -0.330. The van der Waals surface area contributed by atoms with Crippen LogP contribution in [0.15, 0.2) is 0 Å². The smallest absolute Gasteiger partial charge is 0.0654 e. The Kier molecular flexibility index (Phi) is 5.40. The van der Waals surface area contributed by atoms with E-state index in [1.54, 1.807) is 0 Å². The zero-order valence-electron chi connectivity index (χ0n) is 4.98. The molecule has 0 saturated heterocycles. The Morgan fingerprint density at radius 2 is 2.14 bits per heavy atom. The van der Waals surface area contributed by atoms with Crippen LogP contribution in [0, 0.1) is 0 Å². The summed E-state index contributed by atoms with van der Waals surface area (Å²) in [5.41, 5.74) is 0. The predicted molar refractivity (Wildman–Crippen MR) is 33.6 cm³/mol. The van der Waals surface area contributed by atoms with Crippen LogP contribution in [-0.4, -0.2) is 13.3 Å².